The Balaban J connectivity index is 1.51. The molecule has 1 atom stereocenters. The average Bonchev–Trinajstić information content (AvgIpc) is 3.56. The lowest BCUT2D eigenvalue weighted by molar-refractivity contribution is -0.121. The summed E-state index contributed by atoms with van der Waals surface area (Å²) in [5.74, 6) is 0.447. The molecule has 1 aliphatic rings. The largest absolute Gasteiger partial charge is 0.494 e. The van der Waals surface area contributed by atoms with E-state index in [1.165, 1.54) is 15.6 Å². The second-order valence-electron chi connectivity index (χ2n) is 8.93. The summed E-state index contributed by atoms with van der Waals surface area (Å²) in [6.45, 7) is 4.92. The first-order chi connectivity index (χ1) is 17.9. The molecule has 2 aromatic carbocycles. The standard InChI is InChI=1S/C27H28N4O4S2/c1-3-35-21-10-13-23-25(16-21)36-27(29-23)30(18-20-6-4-14-28-17-20)26(32)24-7-5-15-31(24)37(33,34)22-11-8-19(2)9-12-22/h4,6,8-14,16-17,24H,3,5,7,15,18H2,1-2H3. The third-order valence-corrected chi connectivity index (χ3v) is 9.30. The highest BCUT2D eigenvalue weighted by atomic mass is 32.2. The van der Waals surface area contributed by atoms with E-state index in [4.69, 9.17) is 9.72 Å². The number of rotatable bonds is 8. The highest BCUT2D eigenvalue weighted by Crippen LogP contribution is 2.35. The zero-order chi connectivity index (χ0) is 26.0. The number of sulfonamides is 1. The number of anilines is 1. The Morgan fingerprint density at radius 1 is 1.19 bits per heavy atom. The Morgan fingerprint density at radius 3 is 2.73 bits per heavy atom. The van der Waals surface area contributed by atoms with Crippen LogP contribution in [0.3, 0.4) is 0 Å². The second kappa shape index (κ2) is 10.6. The van der Waals surface area contributed by atoms with Crippen LogP contribution in [0.2, 0.25) is 0 Å². The van der Waals surface area contributed by atoms with Gasteiger partial charge >= 0.3 is 0 Å². The number of thiazole rings is 1. The Bertz CT molecular complexity index is 1500. The third-order valence-electron chi connectivity index (χ3n) is 6.34. The molecule has 4 aromatic rings. The van der Waals surface area contributed by atoms with Crippen molar-refractivity contribution in [3.05, 3.63) is 78.1 Å². The summed E-state index contributed by atoms with van der Waals surface area (Å²) in [7, 11) is -3.83. The molecule has 0 saturated carbocycles. The maximum atomic E-state index is 14.1. The molecule has 1 fully saturated rings. The van der Waals surface area contributed by atoms with E-state index < -0.39 is 16.1 Å². The van der Waals surface area contributed by atoms with Crippen molar-refractivity contribution in [2.75, 3.05) is 18.1 Å². The molecule has 2 aromatic heterocycles. The van der Waals surface area contributed by atoms with Crippen molar-refractivity contribution in [1.82, 2.24) is 14.3 Å². The van der Waals surface area contributed by atoms with Crippen LogP contribution < -0.4 is 9.64 Å². The summed E-state index contributed by atoms with van der Waals surface area (Å²) in [6, 6.07) is 15.3. The van der Waals surface area contributed by atoms with Crippen molar-refractivity contribution < 1.29 is 17.9 Å². The zero-order valence-electron chi connectivity index (χ0n) is 20.7. The Hall–Kier alpha value is -3.34. The normalized spacial score (nSPS) is 16.2. The smallest absolute Gasteiger partial charge is 0.247 e. The van der Waals surface area contributed by atoms with E-state index in [-0.39, 0.29) is 17.3 Å². The summed E-state index contributed by atoms with van der Waals surface area (Å²) in [5, 5.41) is 0.511. The molecule has 10 heteroatoms. The van der Waals surface area contributed by atoms with Gasteiger partial charge < -0.3 is 4.74 Å². The summed E-state index contributed by atoms with van der Waals surface area (Å²) < 4.78 is 34.9. The van der Waals surface area contributed by atoms with Gasteiger partial charge in [0.05, 0.1) is 28.3 Å². The monoisotopic (exact) mass is 536 g/mol. The predicted octanol–water partition coefficient (Wildman–Crippen LogP) is 4.78. The number of ether oxygens (including phenoxy) is 1. The number of aryl methyl sites for hydroxylation is 1. The van der Waals surface area contributed by atoms with E-state index in [0.717, 1.165) is 27.1 Å². The van der Waals surface area contributed by atoms with Crippen LogP contribution in [0.4, 0.5) is 5.13 Å². The van der Waals surface area contributed by atoms with E-state index in [0.29, 0.717) is 31.1 Å². The van der Waals surface area contributed by atoms with Crippen molar-refractivity contribution in [1.29, 1.82) is 0 Å². The zero-order valence-corrected chi connectivity index (χ0v) is 22.3. The van der Waals surface area contributed by atoms with E-state index in [1.54, 1.807) is 41.6 Å². The number of carbonyl (C=O) groups is 1. The molecule has 1 amide bonds. The molecule has 0 N–H and O–H groups in total. The number of carbonyl (C=O) groups excluding carboxylic acids is 1. The van der Waals surface area contributed by atoms with Crippen molar-refractivity contribution >= 4 is 42.6 Å². The minimum Gasteiger partial charge on any atom is -0.494 e. The fraction of sp³-hybridized carbons (Fsp3) is 0.296. The number of amides is 1. The first kappa shape index (κ1) is 25.3. The van der Waals surface area contributed by atoms with Gasteiger partial charge in [-0.15, -0.1) is 0 Å². The average molecular weight is 537 g/mol. The van der Waals surface area contributed by atoms with Gasteiger partial charge in [-0.05, 0) is 68.7 Å². The quantitative estimate of drug-likeness (QED) is 0.322. The fourth-order valence-corrected chi connectivity index (χ4v) is 7.13. The van der Waals surface area contributed by atoms with Gasteiger partial charge in [0.2, 0.25) is 15.9 Å². The van der Waals surface area contributed by atoms with E-state index in [9.17, 15) is 13.2 Å². The lowest BCUT2D eigenvalue weighted by Gasteiger charge is -2.28. The number of benzene rings is 2. The number of fused-ring (bicyclic) bond motifs is 1. The van der Waals surface area contributed by atoms with Gasteiger partial charge in [-0.1, -0.05) is 35.1 Å². The molecule has 192 valence electrons. The first-order valence-corrected chi connectivity index (χ1v) is 14.4. The number of hydrogen-bond acceptors (Lipinski definition) is 7. The molecule has 1 aliphatic heterocycles. The van der Waals surface area contributed by atoms with E-state index >= 15 is 0 Å². The summed E-state index contributed by atoms with van der Waals surface area (Å²) in [6.07, 6.45) is 4.44. The van der Waals surface area contributed by atoms with Crippen molar-refractivity contribution in [2.24, 2.45) is 0 Å². The number of aromatic nitrogens is 2. The maximum absolute atomic E-state index is 14.1. The van der Waals surface area contributed by atoms with Crippen LogP contribution >= 0.6 is 11.3 Å². The van der Waals surface area contributed by atoms with Crippen LogP contribution in [0.5, 0.6) is 5.75 Å². The summed E-state index contributed by atoms with van der Waals surface area (Å²) in [4.78, 5) is 24.8. The van der Waals surface area contributed by atoms with Crippen LogP contribution in [-0.4, -0.2) is 47.8 Å². The fourth-order valence-electron chi connectivity index (χ4n) is 4.48. The van der Waals surface area contributed by atoms with Crippen LogP contribution in [0.15, 0.2) is 71.9 Å². The molecule has 1 unspecified atom stereocenters. The van der Waals surface area contributed by atoms with Gasteiger partial charge in [0, 0.05) is 18.9 Å². The van der Waals surface area contributed by atoms with Crippen LogP contribution in [0.25, 0.3) is 10.2 Å². The maximum Gasteiger partial charge on any atom is 0.247 e. The van der Waals surface area contributed by atoms with E-state index in [2.05, 4.69) is 4.98 Å². The van der Waals surface area contributed by atoms with Crippen molar-refractivity contribution in [2.45, 2.75) is 44.2 Å². The molecule has 5 rings (SSSR count). The van der Waals surface area contributed by atoms with Gasteiger partial charge in [0.25, 0.3) is 0 Å². The molecular weight excluding hydrogens is 508 g/mol. The SMILES string of the molecule is CCOc1ccc2nc(N(Cc3cccnc3)C(=O)C3CCCN3S(=O)(=O)c3ccc(C)cc3)sc2c1. The molecule has 0 bridgehead atoms. The van der Waals surface area contributed by atoms with Gasteiger partial charge in [-0.2, -0.15) is 4.31 Å². The topological polar surface area (TPSA) is 92.7 Å². The molecule has 3 heterocycles. The summed E-state index contributed by atoms with van der Waals surface area (Å²) in [5.41, 5.74) is 2.55. The van der Waals surface area contributed by atoms with Crippen LogP contribution in [-0.2, 0) is 21.4 Å². The van der Waals surface area contributed by atoms with Crippen molar-refractivity contribution in [3.63, 3.8) is 0 Å². The van der Waals surface area contributed by atoms with Crippen LogP contribution in [0.1, 0.15) is 30.9 Å². The number of pyridine rings is 1. The highest BCUT2D eigenvalue weighted by Gasteiger charge is 2.42. The van der Waals surface area contributed by atoms with Crippen molar-refractivity contribution in [3.8, 4) is 5.75 Å². The minimum absolute atomic E-state index is 0.194. The molecule has 0 radical (unpaired) electrons. The number of hydrogen-bond donors (Lipinski definition) is 0. The lowest BCUT2D eigenvalue weighted by Crippen LogP contribution is -2.47. The molecule has 0 aliphatic carbocycles. The second-order valence-corrected chi connectivity index (χ2v) is 11.8. The van der Waals surface area contributed by atoms with Crippen LogP contribution in [0, 0.1) is 6.92 Å². The van der Waals surface area contributed by atoms with Gasteiger partial charge in [0.1, 0.15) is 11.8 Å². The molecule has 37 heavy (non-hydrogen) atoms. The van der Waals surface area contributed by atoms with Gasteiger partial charge in [-0.25, -0.2) is 13.4 Å². The third kappa shape index (κ3) is 5.22. The van der Waals surface area contributed by atoms with Gasteiger partial charge in [-0.3, -0.25) is 14.7 Å². The Morgan fingerprint density at radius 2 is 2.00 bits per heavy atom. The molecular formula is C27H28N4O4S2. The highest BCUT2D eigenvalue weighted by molar-refractivity contribution is 7.89. The Kier molecular flexibility index (Phi) is 7.23. The molecule has 8 nitrogen and oxygen atoms in total. The minimum atomic E-state index is -3.83. The number of nitrogens with zero attached hydrogens (tertiary/aromatic N) is 4. The predicted molar refractivity (Wildman–Crippen MR) is 144 cm³/mol. The molecule has 0 spiro atoms. The molecule has 1 saturated heterocycles. The van der Waals surface area contributed by atoms with Gasteiger partial charge in [0.15, 0.2) is 5.13 Å². The van der Waals surface area contributed by atoms with E-state index in [1.807, 2.05) is 44.2 Å². The lowest BCUT2D eigenvalue weighted by atomic mass is 10.2. The summed E-state index contributed by atoms with van der Waals surface area (Å²) >= 11 is 1.38. The first-order valence-electron chi connectivity index (χ1n) is 12.2. The Labute approximate surface area is 220 Å².